The molecule has 7 heteroatoms. The molecule has 1 rings (SSSR count). The van der Waals surface area contributed by atoms with Crippen LogP contribution >= 0.6 is 0 Å². The lowest BCUT2D eigenvalue weighted by Crippen LogP contribution is -2.27. The van der Waals surface area contributed by atoms with Crippen LogP contribution in [-0.2, 0) is 9.53 Å². The van der Waals surface area contributed by atoms with Gasteiger partial charge in [0.1, 0.15) is 11.8 Å². The maximum Gasteiger partial charge on any atom is 0.330 e. The van der Waals surface area contributed by atoms with Crippen molar-refractivity contribution in [3.63, 3.8) is 0 Å². The van der Waals surface area contributed by atoms with E-state index in [9.17, 15) is 14.9 Å². The minimum absolute atomic E-state index is 0.127. The summed E-state index contributed by atoms with van der Waals surface area (Å²) in [5, 5.41) is 19.5. The maximum atomic E-state index is 11.8. The molecule has 0 unspecified atom stereocenters. The molecule has 0 saturated heterocycles. The molecule has 1 aromatic rings. The molecule has 7 nitrogen and oxygen atoms in total. The summed E-state index contributed by atoms with van der Waals surface area (Å²) in [6, 6.07) is 4.25. The van der Waals surface area contributed by atoms with E-state index in [0.717, 1.165) is 6.20 Å². The normalized spacial score (nSPS) is 12.3. The lowest BCUT2D eigenvalue weighted by Gasteiger charge is -2.21. The summed E-state index contributed by atoms with van der Waals surface area (Å²) < 4.78 is 5.09. The van der Waals surface area contributed by atoms with E-state index in [1.807, 2.05) is 0 Å². The van der Waals surface area contributed by atoms with Gasteiger partial charge in [0.2, 0.25) is 0 Å². The third-order valence-electron chi connectivity index (χ3n) is 2.05. The van der Waals surface area contributed by atoms with Crippen molar-refractivity contribution in [2.24, 2.45) is 0 Å². The van der Waals surface area contributed by atoms with Crippen LogP contribution in [0.25, 0.3) is 0 Å². The van der Waals surface area contributed by atoms with Gasteiger partial charge in [-0.05, 0) is 26.8 Å². The van der Waals surface area contributed by atoms with Gasteiger partial charge < -0.3 is 4.74 Å². The van der Waals surface area contributed by atoms with E-state index in [2.05, 4.69) is 4.98 Å². The Hall–Kier alpha value is -2.49. The first-order valence-electron chi connectivity index (χ1n) is 5.47. The molecular weight excluding hydrogens is 250 g/mol. The van der Waals surface area contributed by atoms with Crippen LogP contribution < -0.4 is 0 Å². The Morgan fingerprint density at radius 1 is 1.53 bits per heavy atom. The molecule has 0 spiro atoms. The molecule has 0 N–H and O–H groups in total. The van der Waals surface area contributed by atoms with Gasteiger partial charge in [0.15, 0.2) is 5.92 Å². The predicted molar refractivity (Wildman–Crippen MR) is 65.1 cm³/mol. The molecule has 0 radical (unpaired) electrons. The van der Waals surface area contributed by atoms with Gasteiger partial charge >= 0.3 is 5.97 Å². The number of hydrogen-bond donors (Lipinski definition) is 0. The first kappa shape index (κ1) is 14.6. The standard InChI is InChI=1S/C12H13N3O4/c1-12(2,3)19-11(16)9(6-13)10-5-4-8(7-14-10)15(17)18/h4-5,7,9H,1-3H3/t9-/m0/s1. The number of nitriles is 1. The molecule has 0 fully saturated rings. The van der Waals surface area contributed by atoms with Crippen molar-refractivity contribution >= 4 is 11.7 Å². The molecule has 0 aromatic carbocycles. The second kappa shape index (κ2) is 5.44. The fraction of sp³-hybridized carbons (Fsp3) is 0.417. The summed E-state index contributed by atoms with van der Waals surface area (Å²) in [5.41, 5.74) is -0.792. The highest BCUT2D eigenvalue weighted by Crippen LogP contribution is 2.20. The van der Waals surface area contributed by atoms with Crippen molar-refractivity contribution in [1.82, 2.24) is 4.98 Å². The average molecular weight is 263 g/mol. The van der Waals surface area contributed by atoms with Crippen LogP contribution in [0.15, 0.2) is 18.3 Å². The predicted octanol–water partition coefficient (Wildman–Crippen LogP) is 1.94. The third kappa shape index (κ3) is 4.03. The van der Waals surface area contributed by atoms with Crippen molar-refractivity contribution in [3.05, 3.63) is 34.1 Å². The number of ether oxygens (including phenoxy) is 1. The lowest BCUT2D eigenvalue weighted by atomic mass is 10.1. The number of esters is 1. The summed E-state index contributed by atoms with van der Waals surface area (Å²) in [4.78, 5) is 25.4. The average Bonchev–Trinajstić information content (AvgIpc) is 2.28. The molecule has 1 heterocycles. The minimum Gasteiger partial charge on any atom is -0.459 e. The van der Waals surface area contributed by atoms with Crippen LogP contribution in [0.4, 0.5) is 5.69 Å². The summed E-state index contributed by atoms with van der Waals surface area (Å²) in [6.07, 6.45) is 1.00. The Balaban J connectivity index is 2.95. The Morgan fingerprint density at radius 3 is 2.53 bits per heavy atom. The van der Waals surface area contributed by atoms with Crippen LogP contribution in [-0.4, -0.2) is 21.5 Å². The van der Waals surface area contributed by atoms with Crippen LogP contribution in [0.3, 0.4) is 0 Å². The number of carbonyl (C=O) groups excluding carboxylic acids is 1. The molecule has 0 aliphatic carbocycles. The molecular formula is C12H13N3O4. The molecule has 0 aliphatic rings. The largest absolute Gasteiger partial charge is 0.459 e. The number of carbonyl (C=O) groups is 1. The maximum absolute atomic E-state index is 11.8. The summed E-state index contributed by atoms with van der Waals surface area (Å²) in [5.74, 6) is -1.92. The zero-order valence-electron chi connectivity index (χ0n) is 10.8. The van der Waals surface area contributed by atoms with Gasteiger partial charge in [-0.1, -0.05) is 0 Å². The number of hydrogen-bond acceptors (Lipinski definition) is 6. The Morgan fingerprint density at radius 2 is 2.16 bits per heavy atom. The molecule has 100 valence electrons. The molecule has 1 aromatic heterocycles. The van der Waals surface area contributed by atoms with E-state index in [4.69, 9.17) is 10.00 Å². The number of nitrogens with zero attached hydrogens (tertiary/aromatic N) is 3. The van der Waals surface area contributed by atoms with Gasteiger partial charge in [-0.3, -0.25) is 19.9 Å². The molecule has 0 bridgehead atoms. The first-order valence-corrected chi connectivity index (χ1v) is 5.47. The summed E-state index contributed by atoms with van der Waals surface area (Å²) >= 11 is 0. The zero-order valence-corrected chi connectivity index (χ0v) is 10.8. The van der Waals surface area contributed by atoms with Crippen LogP contribution in [0, 0.1) is 21.4 Å². The Bertz CT molecular complexity index is 525. The van der Waals surface area contributed by atoms with Gasteiger partial charge in [-0.15, -0.1) is 0 Å². The smallest absolute Gasteiger partial charge is 0.330 e. The van der Waals surface area contributed by atoms with E-state index in [1.165, 1.54) is 12.1 Å². The second-order valence-electron chi connectivity index (χ2n) is 4.79. The zero-order chi connectivity index (χ0) is 14.6. The van der Waals surface area contributed by atoms with E-state index >= 15 is 0 Å². The fourth-order valence-electron chi connectivity index (χ4n) is 1.28. The number of nitro groups is 1. The fourth-order valence-corrected chi connectivity index (χ4v) is 1.28. The van der Waals surface area contributed by atoms with E-state index < -0.39 is 22.4 Å². The topological polar surface area (TPSA) is 106 Å². The van der Waals surface area contributed by atoms with Crippen LogP contribution in [0.5, 0.6) is 0 Å². The molecule has 0 saturated carbocycles. The van der Waals surface area contributed by atoms with Crippen molar-refractivity contribution in [1.29, 1.82) is 5.26 Å². The molecule has 19 heavy (non-hydrogen) atoms. The highest BCUT2D eigenvalue weighted by atomic mass is 16.6. The second-order valence-corrected chi connectivity index (χ2v) is 4.79. The first-order chi connectivity index (χ1) is 8.74. The van der Waals surface area contributed by atoms with Gasteiger partial charge in [0.05, 0.1) is 16.7 Å². The Labute approximate surface area is 110 Å². The van der Waals surface area contributed by atoms with Gasteiger partial charge in [0, 0.05) is 6.07 Å². The third-order valence-corrected chi connectivity index (χ3v) is 2.05. The quantitative estimate of drug-likeness (QED) is 0.468. The molecule has 1 atom stereocenters. The van der Waals surface area contributed by atoms with Crippen molar-refractivity contribution in [3.8, 4) is 6.07 Å². The molecule has 0 amide bonds. The van der Waals surface area contributed by atoms with Crippen LogP contribution in [0.1, 0.15) is 32.4 Å². The van der Waals surface area contributed by atoms with Crippen molar-refractivity contribution in [2.45, 2.75) is 32.3 Å². The van der Waals surface area contributed by atoms with E-state index in [0.29, 0.717) is 0 Å². The lowest BCUT2D eigenvalue weighted by molar-refractivity contribution is -0.385. The van der Waals surface area contributed by atoms with E-state index in [-0.39, 0.29) is 11.4 Å². The number of aromatic nitrogens is 1. The number of pyridine rings is 1. The van der Waals surface area contributed by atoms with Gasteiger partial charge in [-0.2, -0.15) is 5.26 Å². The monoisotopic (exact) mass is 263 g/mol. The van der Waals surface area contributed by atoms with Crippen LogP contribution in [0.2, 0.25) is 0 Å². The van der Waals surface area contributed by atoms with Crippen molar-refractivity contribution < 1.29 is 14.5 Å². The SMILES string of the molecule is CC(C)(C)OC(=O)[C@@H](C#N)c1ccc([N+](=O)[O-])cn1. The summed E-state index contributed by atoms with van der Waals surface area (Å²) in [6.45, 7) is 5.05. The minimum atomic E-state index is -1.19. The van der Waals surface area contributed by atoms with Gasteiger partial charge in [0.25, 0.3) is 5.69 Å². The Kier molecular flexibility index (Phi) is 4.17. The van der Waals surface area contributed by atoms with Crippen molar-refractivity contribution in [2.75, 3.05) is 0 Å². The summed E-state index contributed by atoms with van der Waals surface area (Å²) in [7, 11) is 0. The van der Waals surface area contributed by atoms with Gasteiger partial charge in [-0.25, -0.2) is 0 Å². The molecule has 0 aliphatic heterocycles. The highest BCUT2D eigenvalue weighted by molar-refractivity contribution is 5.81. The highest BCUT2D eigenvalue weighted by Gasteiger charge is 2.28. The number of rotatable bonds is 3. The van der Waals surface area contributed by atoms with E-state index in [1.54, 1.807) is 26.8 Å².